The van der Waals surface area contributed by atoms with Crippen LogP contribution in [-0.2, 0) is 9.63 Å². The number of nitrogens with zero attached hydrogens (tertiary/aromatic N) is 2. The highest BCUT2D eigenvalue weighted by Crippen LogP contribution is 2.20. The van der Waals surface area contributed by atoms with Crippen molar-refractivity contribution < 1.29 is 27.6 Å². The number of rotatable bonds is 2. The molecule has 0 saturated carbocycles. The Morgan fingerprint density at radius 2 is 1.74 bits per heavy atom. The van der Waals surface area contributed by atoms with Crippen molar-refractivity contribution >= 4 is 23.5 Å². The summed E-state index contributed by atoms with van der Waals surface area (Å²) in [6.45, 7) is 1.30. The molecule has 1 aliphatic rings. The maximum absolute atomic E-state index is 12.4. The molecule has 0 atom stereocenters. The Hall–Kier alpha value is -1.84. The van der Waals surface area contributed by atoms with Gasteiger partial charge < -0.3 is 10.2 Å². The fourth-order valence-electron chi connectivity index (χ4n) is 1.90. The summed E-state index contributed by atoms with van der Waals surface area (Å²) in [5.74, 6) is -3.35. The van der Waals surface area contributed by atoms with Crippen LogP contribution in [0.1, 0.15) is 10.4 Å². The highest BCUT2D eigenvalue weighted by Gasteiger charge is 2.44. The molecule has 0 unspecified atom stereocenters. The number of alkyl halides is 3. The van der Waals surface area contributed by atoms with E-state index in [0.717, 1.165) is 0 Å². The maximum Gasteiger partial charge on any atom is 0.493 e. The third-order valence-electron chi connectivity index (χ3n) is 3.02. The summed E-state index contributed by atoms with van der Waals surface area (Å²) >= 11 is 5.71. The van der Waals surface area contributed by atoms with Crippen molar-refractivity contribution in [3.8, 4) is 0 Å². The molecule has 10 heteroatoms. The average Bonchev–Trinajstić information content (AvgIpc) is 2.52. The molecule has 1 fully saturated rings. The van der Waals surface area contributed by atoms with Gasteiger partial charge in [-0.05, 0) is 24.3 Å². The van der Waals surface area contributed by atoms with E-state index < -0.39 is 18.1 Å². The Morgan fingerprint density at radius 3 is 2.26 bits per heavy atom. The topological polar surface area (TPSA) is 61.9 Å². The first-order valence-electron chi connectivity index (χ1n) is 6.64. The van der Waals surface area contributed by atoms with Gasteiger partial charge in [-0.25, -0.2) is 4.79 Å². The van der Waals surface area contributed by atoms with Crippen LogP contribution >= 0.6 is 11.6 Å². The molecule has 1 saturated heterocycles. The van der Waals surface area contributed by atoms with Gasteiger partial charge in [0.2, 0.25) is 0 Å². The van der Waals surface area contributed by atoms with Crippen molar-refractivity contribution in [3.63, 3.8) is 0 Å². The molecule has 1 aromatic rings. The molecule has 23 heavy (non-hydrogen) atoms. The Morgan fingerprint density at radius 1 is 1.17 bits per heavy atom. The van der Waals surface area contributed by atoms with Crippen LogP contribution in [0.5, 0.6) is 0 Å². The van der Waals surface area contributed by atoms with Crippen LogP contribution in [-0.4, -0.2) is 54.4 Å². The van der Waals surface area contributed by atoms with Gasteiger partial charge in [0.1, 0.15) is 0 Å². The van der Waals surface area contributed by atoms with Gasteiger partial charge >= 0.3 is 18.1 Å². The van der Waals surface area contributed by atoms with Gasteiger partial charge in [-0.1, -0.05) is 16.8 Å². The van der Waals surface area contributed by atoms with Crippen LogP contribution in [0, 0.1) is 0 Å². The number of carbonyl (C=O) groups is 2. The quantitative estimate of drug-likeness (QED) is 0.821. The normalized spacial score (nSPS) is 16.0. The number of hydroxylamine groups is 1. The van der Waals surface area contributed by atoms with Gasteiger partial charge in [0.15, 0.2) is 0 Å². The van der Waals surface area contributed by atoms with Crippen molar-refractivity contribution in [2.24, 2.45) is 0 Å². The van der Waals surface area contributed by atoms with E-state index in [1.54, 1.807) is 0 Å². The molecule has 0 aromatic heterocycles. The highest BCUT2D eigenvalue weighted by molar-refractivity contribution is 6.30. The third-order valence-corrected chi connectivity index (χ3v) is 3.27. The van der Waals surface area contributed by atoms with Crippen molar-refractivity contribution in [1.29, 1.82) is 0 Å². The van der Waals surface area contributed by atoms with Crippen LogP contribution in [0.3, 0.4) is 0 Å². The number of hydrazine groups is 1. The predicted octanol–water partition coefficient (Wildman–Crippen LogP) is 1.62. The second-order valence-electron chi connectivity index (χ2n) is 4.67. The number of halogens is 4. The summed E-state index contributed by atoms with van der Waals surface area (Å²) in [6.07, 6.45) is -5.20. The molecule has 0 radical (unpaired) electrons. The average molecular weight is 352 g/mol. The lowest BCUT2D eigenvalue weighted by atomic mass is 10.2. The van der Waals surface area contributed by atoms with Crippen molar-refractivity contribution in [3.05, 3.63) is 34.9 Å². The van der Waals surface area contributed by atoms with Crippen LogP contribution < -0.4 is 5.32 Å². The lowest BCUT2D eigenvalue weighted by Crippen LogP contribution is -2.55. The monoisotopic (exact) mass is 351 g/mol. The minimum atomic E-state index is -5.20. The minimum absolute atomic E-state index is 0.0444. The molecule has 1 aromatic carbocycles. The van der Waals surface area contributed by atoms with E-state index in [4.69, 9.17) is 11.6 Å². The van der Waals surface area contributed by atoms with Crippen LogP contribution in [0.25, 0.3) is 0 Å². The van der Waals surface area contributed by atoms with Crippen LogP contribution in [0.2, 0.25) is 5.02 Å². The predicted molar refractivity (Wildman–Crippen MR) is 74.2 cm³/mol. The first-order valence-corrected chi connectivity index (χ1v) is 7.01. The number of carbonyl (C=O) groups excluding carboxylic acids is 2. The van der Waals surface area contributed by atoms with Crippen molar-refractivity contribution in [1.82, 2.24) is 15.5 Å². The molecule has 6 nitrogen and oxygen atoms in total. The first kappa shape index (κ1) is 17.5. The standard InChI is InChI=1S/C13H13ClF3N3O3/c14-10-3-1-9(2-4-10)11(21)20(19-7-5-18-6-8-19)23-12(22)13(15,16)17/h1-4,18H,5-8H2. The number of piperazine rings is 1. The van der Waals surface area contributed by atoms with E-state index in [-0.39, 0.29) is 18.7 Å². The Labute approximate surface area is 134 Å². The van der Waals surface area contributed by atoms with Gasteiger partial charge in [-0.15, -0.1) is 0 Å². The number of nitrogens with one attached hydrogen (secondary N) is 1. The molecule has 0 bridgehead atoms. The fraction of sp³-hybridized carbons (Fsp3) is 0.385. The van der Waals surface area contributed by atoms with E-state index >= 15 is 0 Å². The summed E-state index contributed by atoms with van der Waals surface area (Å²) in [7, 11) is 0. The molecule has 2 rings (SSSR count). The largest absolute Gasteiger partial charge is 0.493 e. The molecule has 0 aliphatic carbocycles. The highest BCUT2D eigenvalue weighted by atomic mass is 35.5. The summed E-state index contributed by atoms with van der Waals surface area (Å²) in [6, 6.07) is 5.50. The van der Waals surface area contributed by atoms with Crippen molar-refractivity contribution in [2.45, 2.75) is 6.18 Å². The third kappa shape index (κ3) is 4.57. The van der Waals surface area contributed by atoms with Gasteiger partial charge in [0.05, 0.1) is 0 Å². The van der Waals surface area contributed by atoms with Gasteiger partial charge in [0, 0.05) is 36.8 Å². The number of amides is 1. The number of hydrogen-bond acceptors (Lipinski definition) is 5. The van der Waals surface area contributed by atoms with E-state index in [2.05, 4.69) is 10.2 Å². The van der Waals surface area contributed by atoms with Gasteiger partial charge in [0.25, 0.3) is 0 Å². The maximum atomic E-state index is 12.4. The molecular weight excluding hydrogens is 339 g/mol. The Balaban J connectivity index is 2.22. The number of benzene rings is 1. The zero-order chi connectivity index (χ0) is 17.0. The van der Waals surface area contributed by atoms with Crippen LogP contribution in [0.4, 0.5) is 13.2 Å². The number of hydrogen-bond donors (Lipinski definition) is 1. The minimum Gasteiger partial charge on any atom is -0.314 e. The second-order valence-corrected chi connectivity index (χ2v) is 5.10. The molecule has 126 valence electrons. The second kappa shape index (κ2) is 7.16. The summed E-state index contributed by atoms with van der Waals surface area (Å²) < 4.78 is 37.3. The molecule has 0 spiro atoms. The Bertz CT molecular complexity index is 574. The van der Waals surface area contributed by atoms with Gasteiger partial charge in [-0.3, -0.25) is 4.79 Å². The smallest absolute Gasteiger partial charge is 0.314 e. The fourth-order valence-corrected chi connectivity index (χ4v) is 2.02. The zero-order valence-electron chi connectivity index (χ0n) is 11.8. The van der Waals surface area contributed by atoms with Gasteiger partial charge in [-0.2, -0.15) is 18.2 Å². The molecule has 1 amide bonds. The SMILES string of the molecule is O=C(c1ccc(Cl)cc1)N(OC(=O)C(F)(F)F)N1CCNCC1. The first-order chi connectivity index (χ1) is 10.8. The Kier molecular flexibility index (Phi) is 5.45. The molecule has 1 N–H and O–H groups in total. The molecule has 1 aliphatic heterocycles. The van der Waals surface area contributed by atoms with E-state index in [9.17, 15) is 22.8 Å². The van der Waals surface area contributed by atoms with E-state index in [0.29, 0.717) is 23.3 Å². The van der Waals surface area contributed by atoms with Crippen molar-refractivity contribution in [2.75, 3.05) is 26.2 Å². The molecule has 1 heterocycles. The van der Waals surface area contributed by atoms with Crippen LogP contribution in [0.15, 0.2) is 24.3 Å². The lowest BCUT2D eigenvalue weighted by molar-refractivity contribution is -0.270. The van der Waals surface area contributed by atoms with E-state index in [1.165, 1.54) is 29.3 Å². The zero-order valence-corrected chi connectivity index (χ0v) is 12.5. The summed E-state index contributed by atoms with van der Waals surface area (Å²) in [4.78, 5) is 27.8. The molecular formula is C13H13ClF3N3O3. The van der Waals surface area contributed by atoms with E-state index in [1.807, 2.05) is 0 Å². The summed E-state index contributed by atoms with van der Waals surface area (Å²) in [5, 5.41) is 4.94. The summed E-state index contributed by atoms with van der Waals surface area (Å²) in [5.41, 5.74) is 0.0444. The lowest BCUT2D eigenvalue weighted by Gasteiger charge is -2.35.